The topological polar surface area (TPSA) is 92.9 Å². The Morgan fingerprint density at radius 1 is 1.26 bits per heavy atom. The predicted octanol–water partition coefficient (Wildman–Crippen LogP) is 4.61. The fraction of sp³-hybridized carbons (Fsp3) is 0.136. The van der Waals surface area contributed by atoms with Crippen LogP contribution >= 0.6 is 23.2 Å². The van der Waals surface area contributed by atoms with Crippen LogP contribution in [-0.2, 0) is 16.1 Å². The second-order valence-corrected chi connectivity index (χ2v) is 7.62. The van der Waals surface area contributed by atoms with E-state index >= 15 is 0 Å². The molecule has 1 aliphatic heterocycles. The molecule has 1 atom stereocenters. The summed E-state index contributed by atoms with van der Waals surface area (Å²) in [4.78, 5) is 31.3. The summed E-state index contributed by atoms with van der Waals surface area (Å²) in [5.74, 6) is -1.66. The molecule has 1 N–H and O–H groups in total. The smallest absolute Gasteiger partial charge is 0.296 e. The molecule has 0 saturated carbocycles. The third-order valence-electron chi connectivity index (χ3n) is 4.90. The summed E-state index contributed by atoms with van der Waals surface area (Å²) in [7, 11) is 1.37. The van der Waals surface area contributed by atoms with Gasteiger partial charge in [-0.3, -0.25) is 14.6 Å². The normalized spacial score (nSPS) is 17.9. The molecule has 4 rings (SSSR count). The number of ketones is 1. The highest BCUT2D eigenvalue weighted by molar-refractivity contribution is 6.46. The van der Waals surface area contributed by atoms with Gasteiger partial charge in [0.2, 0.25) is 0 Å². The van der Waals surface area contributed by atoms with Gasteiger partial charge in [0.15, 0.2) is 0 Å². The number of ether oxygens (including phenoxy) is 1. The standard InChI is InChI=1S/C22H16Cl2N2O5/c1-30-21-14(8-13(23)9-15(21)24)19(27)17-18(16-5-3-7-31-16)26(22(29)20(17)28)11-12-4-2-6-25-10-12/h2-10,18,27H,11H2,1H3/b19-17-. The number of nitrogens with zero attached hydrogens (tertiary/aromatic N) is 2. The molecule has 2 aromatic heterocycles. The van der Waals surface area contributed by atoms with Crippen LogP contribution in [0.2, 0.25) is 10.0 Å². The lowest BCUT2D eigenvalue weighted by atomic mass is 9.98. The molecule has 1 unspecified atom stereocenters. The third kappa shape index (κ3) is 3.78. The number of Topliss-reactive ketones (excluding diaryl/α,β-unsaturated/α-hetero) is 1. The third-order valence-corrected chi connectivity index (χ3v) is 5.39. The number of aliphatic hydroxyl groups is 1. The van der Waals surface area contributed by atoms with Gasteiger partial charge in [-0.15, -0.1) is 0 Å². The molecule has 1 saturated heterocycles. The number of amides is 1. The molecular formula is C22H16Cl2N2O5. The lowest BCUT2D eigenvalue weighted by Crippen LogP contribution is -2.29. The zero-order chi connectivity index (χ0) is 22.1. The van der Waals surface area contributed by atoms with Crippen molar-refractivity contribution in [1.29, 1.82) is 0 Å². The largest absolute Gasteiger partial charge is 0.507 e. The highest BCUT2D eigenvalue weighted by Gasteiger charge is 2.47. The Morgan fingerprint density at radius 2 is 2.06 bits per heavy atom. The van der Waals surface area contributed by atoms with Crippen molar-refractivity contribution < 1.29 is 23.8 Å². The summed E-state index contributed by atoms with van der Waals surface area (Å²) in [6.45, 7) is 0.0913. The molecule has 3 heterocycles. The first-order valence-electron chi connectivity index (χ1n) is 9.16. The van der Waals surface area contributed by atoms with E-state index in [0.29, 0.717) is 11.3 Å². The van der Waals surface area contributed by atoms with E-state index in [0.717, 1.165) is 0 Å². The minimum atomic E-state index is -0.960. The Balaban J connectivity index is 1.90. The number of carbonyl (C=O) groups excluding carboxylic acids is 2. The zero-order valence-corrected chi connectivity index (χ0v) is 17.7. The van der Waals surface area contributed by atoms with E-state index in [4.69, 9.17) is 32.4 Å². The lowest BCUT2D eigenvalue weighted by molar-refractivity contribution is -0.140. The van der Waals surface area contributed by atoms with E-state index in [1.54, 1.807) is 36.7 Å². The molecule has 0 aliphatic carbocycles. The number of benzene rings is 1. The summed E-state index contributed by atoms with van der Waals surface area (Å²) in [6, 6.07) is 8.67. The molecule has 1 aliphatic rings. The number of furan rings is 1. The first-order chi connectivity index (χ1) is 14.9. The number of halogens is 2. The van der Waals surface area contributed by atoms with E-state index in [1.807, 2.05) is 0 Å². The Hall–Kier alpha value is -3.29. The number of pyridine rings is 1. The highest BCUT2D eigenvalue weighted by atomic mass is 35.5. The maximum atomic E-state index is 13.0. The predicted molar refractivity (Wildman–Crippen MR) is 114 cm³/mol. The molecule has 0 spiro atoms. The molecular weight excluding hydrogens is 443 g/mol. The van der Waals surface area contributed by atoms with Crippen LogP contribution in [0.3, 0.4) is 0 Å². The van der Waals surface area contributed by atoms with Crippen LogP contribution in [0.15, 0.2) is 65.0 Å². The van der Waals surface area contributed by atoms with Crippen molar-refractivity contribution in [3.63, 3.8) is 0 Å². The van der Waals surface area contributed by atoms with Gasteiger partial charge >= 0.3 is 0 Å². The van der Waals surface area contributed by atoms with Gasteiger partial charge in [-0.1, -0.05) is 29.3 Å². The minimum absolute atomic E-state index is 0.0913. The SMILES string of the molecule is COc1c(Cl)cc(Cl)cc1/C(O)=C1/C(=O)C(=O)N(Cc2cccnc2)C1c1ccco1. The fourth-order valence-corrected chi connectivity index (χ4v) is 4.13. The van der Waals surface area contributed by atoms with Crippen LogP contribution in [0.5, 0.6) is 5.75 Å². The molecule has 1 fully saturated rings. The quantitative estimate of drug-likeness (QED) is 0.340. The lowest BCUT2D eigenvalue weighted by Gasteiger charge is -2.23. The van der Waals surface area contributed by atoms with Crippen LogP contribution < -0.4 is 4.74 Å². The van der Waals surface area contributed by atoms with Crippen molar-refractivity contribution in [2.45, 2.75) is 12.6 Å². The Labute approximate surface area is 187 Å². The molecule has 158 valence electrons. The summed E-state index contributed by atoms with van der Waals surface area (Å²) in [6.07, 6.45) is 4.63. The molecule has 1 aromatic carbocycles. The molecule has 31 heavy (non-hydrogen) atoms. The van der Waals surface area contributed by atoms with Crippen LogP contribution in [-0.4, -0.2) is 33.8 Å². The number of aromatic nitrogens is 1. The first kappa shape index (κ1) is 21.0. The van der Waals surface area contributed by atoms with Crippen molar-refractivity contribution >= 4 is 40.7 Å². The van der Waals surface area contributed by atoms with Crippen molar-refractivity contribution in [1.82, 2.24) is 9.88 Å². The van der Waals surface area contributed by atoms with E-state index in [2.05, 4.69) is 4.98 Å². The maximum Gasteiger partial charge on any atom is 0.296 e. The fourth-order valence-electron chi connectivity index (χ4n) is 3.56. The average Bonchev–Trinajstić information content (AvgIpc) is 3.36. The number of methoxy groups -OCH3 is 1. The van der Waals surface area contributed by atoms with Gasteiger partial charge < -0.3 is 19.2 Å². The van der Waals surface area contributed by atoms with E-state index in [-0.39, 0.29) is 33.5 Å². The monoisotopic (exact) mass is 458 g/mol. The van der Waals surface area contributed by atoms with Crippen molar-refractivity contribution in [2.24, 2.45) is 0 Å². The second kappa shape index (κ2) is 8.45. The maximum absolute atomic E-state index is 13.0. The van der Waals surface area contributed by atoms with Crippen LogP contribution in [0.4, 0.5) is 0 Å². The van der Waals surface area contributed by atoms with Crippen molar-refractivity contribution in [3.05, 3.63) is 87.6 Å². The molecule has 0 bridgehead atoms. The molecule has 0 radical (unpaired) electrons. The van der Waals surface area contributed by atoms with Crippen molar-refractivity contribution in [2.75, 3.05) is 7.11 Å². The summed E-state index contributed by atoms with van der Waals surface area (Å²) < 4.78 is 10.8. The number of carbonyl (C=O) groups is 2. The summed E-state index contributed by atoms with van der Waals surface area (Å²) >= 11 is 12.3. The number of likely N-dealkylation sites (tertiary alicyclic amines) is 1. The number of rotatable bonds is 5. The van der Waals surface area contributed by atoms with Gasteiger partial charge in [-0.2, -0.15) is 0 Å². The highest BCUT2D eigenvalue weighted by Crippen LogP contribution is 2.43. The van der Waals surface area contributed by atoms with E-state index in [1.165, 1.54) is 30.4 Å². The minimum Gasteiger partial charge on any atom is -0.507 e. The van der Waals surface area contributed by atoms with Gasteiger partial charge in [0, 0.05) is 24.0 Å². The number of hydrogen-bond donors (Lipinski definition) is 1. The van der Waals surface area contributed by atoms with Gasteiger partial charge in [0.1, 0.15) is 23.3 Å². The first-order valence-corrected chi connectivity index (χ1v) is 9.92. The van der Waals surface area contributed by atoms with E-state index < -0.39 is 23.5 Å². The van der Waals surface area contributed by atoms with E-state index in [9.17, 15) is 14.7 Å². The van der Waals surface area contributed by atoms with Gasteiger partial charge in [-0.25, -0.2) is 0 Å². The van der Waals surface area contributed by atoms with Crippen LogP contribution in [0, 0.1) is 0 Å². The molecule has 3 aromatic rings. The Bertz CT molecular complexity index is 1180. The molecule has 7 nitrogen and oxygen atoms in total. The molecule has 1 amide bonds. The van der Waals surface area contributed by atoms with Crippen LogP contribution in [0.1, 0.15) is 22.9 Å². The average molecular weight is 459 g/mol. The Morgan fingerprint density at radius 3 is 2.71 bits per heavy atom. The number of hydrogen-bond acceptors (Lipinski definition) is 6. The van der Waals surface area contributed by atoms with Gasteiger partial charge in [-0.05, 0) is 35.9 Å². The van der Waals surface area contributed by atoms with Gasteiger partial charge in [0.25, 0.3) is 11.7 Å². The van der Waals surface area contributed by atoms with Crippen molar-refractivity contribution in [3.8, 4) is 5.75 Å². The second-order valence-electron chi connectivity index (χ2n) is 6.77. The Kier molecular flexibility index (Phi) is 5.71. The van der Waals surface area contributed by atoms with Crippen LogP contribution in [0.25, 0.3) is 5.76 Å². The molecule has 9 heteroatoms. The summed E-state index contributed by atoms with van der Waals surface area (Å²) in [5.41, 5.74) is 0.653. The van der Waals surface area contributed by atoms with Gasteiger partial charge in [0.05, 0.1) is 29.5 Å². The summed E-state index contributed by atoms with van der Waals surface area (Å²) in [5, 5.41) is 11.5. The zero-order valence-electron chi connectivity index (χ0n) is 16.2. The number of aliphatic hydroxyl groups excluding tert-OH is 1.